The van der Waals surface area contributed by atoms with E-state index in [-0.39, 0.29) is 10.1 Å². The Morgan fingerprint density at radius 3 is 1.46 bits per heavy atom. The molecule has 162 valence electrons. The molecule has 0 atom stereocenters. The van der Waals surface area contributed by atoms with Gasteiger partial charge in [0.1, 0.15) is 0 Å². The van der Waals surface area contributed by atoms with Gasteiger partial charge in [-0.2, -0.15) is 0 Å². The van der Waals surface area contributed by atoms with Gasteiger partial charge in [-0.25, -0.2) is 0 Å². The van der Waals surface area contributed by atoms with Crippen molar-refractivity contribution in [3.05, 3.63) is 35.9 Å². The van der Waals surface area contributed by atoms with Crippen LogP contribution in [0.2, 0.25) is 36.3 Å². The Labute approximate surface area is 177 Å². The van der Waals surface area contributed by atoms with Crippen molar-refractivity contribution < 1.29 is 8.85 Å². The molecule has 0 spiro atoms. The molecule has 1 aromatic rings. The average molecular weight is 428 g/mol. The second-order valence-electron chi connectivity index (χ2n) is 11.0. The van der Waals surface area contributed by atoms with Crippen molar-refractivity contribution >= 4 is 16.6 Å². The standard InChI is InChI=1S/C23H45NO2Si2/c1-22(2,3)27(7,8)25-18-16-24(20-21-14-12-11-13-15-21)17-19-26-28(9,10)23(4,5)6/h11-15H,16-20H2,1-10H3/i16+1,17+1,18+1,19+1. The Balaban J connectivity index is 2.67. The van der Waals surface area contributed by atoms with Gasteiger partial charge in [0.05, 0.1) is 0 Å². The molecule has 1 rings (SSSR count). The molecule has 0 aliphatic carbocycles. The Bertz CT molecular complexity index is 543. The van der Waals surface area contributed by atoms with Gasteiger partial charge in [0.25, 0.3) is 0 Å². The molecule has 0 saturated carbocycles. The molecule has 0 saturated heterocycles. The Morgan fingerprint density at radius 2 is 1.11 bits per heavy atom. The fourth-order valence-electron chi connectivity index (χ4n) is 2.40. The first kappa shape index (κ1) is 25.6. The summed E-state index contributed by atoms with van der Waals surface area (Å²) in [5, 5.41) is 0.505. The van der Waals surface area contributed by atoms with Crippen LogP contribution < -0.4 is 0 Å². The van der Waals surface area contributed by atoms with Gasteiger partial charge >= 0.3 is 0 Å². The summed E-state index contributed by atoms with van der Waals surface area (Å²) >= 11 is 0. The third kappa shape index (κ3) is 8.11. The molecule has 28 heavy (non-hydrogen) atoms. The summed E-state index contributed by atoms with van der Waals surface area (Å²) < 4.78 is 12.9. The predicted molar refractivity (Wildman–Crippen MR) is 128 cm³/mol. The van der Waals surface area contributed by atoms with Gasteiger partial charge in [-0.05, 0) is 41.8 Å². The average Bonchev–Trinajstić information content (AvgIpc) is 2.53. The molecular weight excluding hydrogens is 382 g/mol. The van der Waals surface area contributed by atoms with Gasteiger partial charge in [0.15, 0.2) is 16.6 Å². The third-order valence-corrected chi connectivity index (χ3v) is 15.7. The summed E-state index contributed by atoms with van der Waals surface area (Å²) in [6.07, 6.45) is 0. The number of rotatable bonds is 10. The Morgan fingerprint density at radius 1 is 0.714 bits per heavy atom. The zero-order valence-corrected chi connectivity index (χ0v) is 22.2. The number of hydrogen-bond donors (Lipinski definition) is 0. The molecule has 0 amide bonds. The fourth-order valence-corrected chi connectivity index (χ4v) is 4.47. The Kier molecular flexibility index (Phi) is 9.16. The van der Waals surface area contributed by atoms with E-state index in [1.807, 2.05) is 0 Å². The number of nitrogens with zero attached hydrogens (tertiary/aromatic N) is 1. The lowest BCUT2D eigenvalue weighted by molar-refractivity contribution is 0.160. The minimum atomic E-state index is -1.70. The summed E-state index contributed by atoms with van der Waals surface area (Å²) in [4.78, 5) is 2.48. The summed E-state index contributed by atoms with van der Waals surface area (Å²) in [7, 11) is -3.40. The first-order valence-corrected chi connectivity index (χ1v) is 16.5. The van der Waals surface area contributed by atoms with Crippen molar-refractivity contribution in [2.75, 3.05) is 26.3 Å². The van der Waals surface area contributed by atoms with Crippen molar-refractivity contribution in [2.24, 2.45) is 0 Å². The smallest absolute Gasteiger partial charge is 0.192 e. The quantitative estimate of drug-likeness (QED) is 0.313. The highest BCUT2D eigenvalue weighted by Gasteiger charge is 2.38. The molecule has 0 unspecified atom stereocenters. The van der Waals surface area contributed by atoms with E-state index in [4.69, 9.17) is 8.85 Å². The van der Waals surface area contributed by atoms with Gasteiger partial charge in [-0.15, -0.1) is 0 Å². The molecule has 3 nitrogen and oxygen atoms in total. The summed E-state index contributed by atoms with van der Waals surface area (Å²) in [6, 6.07) is 10.7. The zero-order chi connectivity index (χ0) is 21.6. The molecule has 0 aliphatic rings. The second kappa shape index (κ2) is 10.0. The number of benzene rings is 1. The maximum absolute atomic E-state index is 6.43. The lowest BCUT2D eigenvalue weighted by Crippen LogP contribution is -2.44. The monoisotopic (exact) mass is 427 g/mol. The molecule has 1 aromatic carbocycles. The van der Waals surface area contributed by atoms with Gasteiger partial charge in [-0.1, -0.05) is 71.9 Å². The zero-order valence-electron chi connectivity index (χ0n) is 20.2. The first-order chi connectivity index (χ1) is 12.7. The summed E-state index contributed by atoms with van der Waals surface area (Å²) in [5.74, 6) is 0. The van der Waals surface area contributed by atoms with Crippen LogP contribution in [0.25, 0.3) is 0 Å². The van der Waals surface area contributed by atoms with E-state index in [0.717, 1.165) is 32.8 Å². The topological polar surface area (TPSA) is 21.7 Å². The lowest BCUT2D eigenvalue weighted by Gasteiger charge is -2.38. The van der Waals surface area contributed by atoms with E-state index in [9.17, 15) is 0 Å². The summed E-state index contributed by atoms with van der Waals surface area (Å²) in [6.45, 7) is 27.5. The van der Waals surface area contributed by atoms with Gasteiger partial charge < -0.3 is 8.85 Å². The minimum absolute atomic E-state index is 0.253. The van der Waals surface area contributed by atoms with Crippen LogP contribution in [0.4, 0.5) is 0 Å². The van der Waals surface area contributed by atoms with E-state index in [1.165, 1.54) is 5.56 Å². The van der Waals surface area contributed by atoms with Crippen molar-refractivity contribution in [1.82, 2.24) is 4.90 Å². The SMILES string of the molecule is CC(C)(C)[Si](C)(C)O[13CH2][13CH2]N(Cc1ccccc1)[13CH2][13CH2]O[Si](C)(C)C(C)(C)C. The van der Waals surface area contributed by atoms with E-state index in [1.54, 1.807) is 0 Å². The van der Waals surface area contributed by atoms with E-state index < -0.39 is 16.6 Å². The maximum atomic E-state index is 6.43. The molecule has 0 fully saturated rings. The normalized spacial score (nSPS) is 14.0. The maximum Gasteiger partial charge on any atom is 0.192 e. The highest BCUT2D eigenvalue weighted by Crippen LogP contribution is 2.37. The second-order valence-corrected chi connectivity index (χ2v) is 20.6. The van der Waals surface area contributed by atoms with E-state index in [2.05, 4.69) is 103 Å². The molecule has 0 N–H and O–H groups in total. The Hall–Kier alpha value is -0.466. The fraction of sp³-hybridized carbons (Fsp3) is 0.739. The van der Waals surface area contributed by atoms with Gasteiger partial charge in [0.2, 0.25) is 0 Å². The van der Waals surface area contributed by atoms with Crippen molar-refractivity contribution in [2.45, 2.75) is 84.4 Å². The molecule has 5 heteroatoms. The third-order valence-electron chi connectivity index (χ3n) is 6.60. The molecule has 0 heterocycles. The van der Waals surface area contributed by atoms with Gasteiger partial charge in [0, 0.05) is 32.8 Å². The highest BCUT2D eigenvalue weighted by atomic mass is 28.4. The van der Waals surface area contributed by atoms with Crippen LogP contribution in [0.5, 0.6) is 0 Å². The van der Waals surface area contributed by atoms with Crippen LogP contribution in [-0.2, 0) is 15.4 Å². The summed E-state index contributed by atoms with van der Waals surface area (Å²) in [5.41, 5.74) is 1.35. The molecule has 0 bridgehead atoms. The molecular formula is C23H45NO2Si2. The van der Waals surface area contributed by atoms with Crippen LogP contribution in [0.3, 0.4) is 0 Å². The van der Waals surface area contributed by atoms with Crippen molar-refractivity contribution in [3.8, 4) is 0 Å². The van der Waals surface area contributed by atoms with Crippen LogP contribution in [0.1, 0.15) is 47.1 Å². The molecule has 0 aromatic heterocycles. The molecule has 0 radical (unpaired) electrons. The molecule has 0 aliphatic heterocycles. The van der Waals surface area contributed by atoms with Crippen LogP contribution >= 0.6 is 0 Å². The van der Waals surface area contributed by atoms with E-state index in [0.29, 0.717) is 0 Å². The van der Waals surface area contributed by atoms with Gasteiger partial charge in [-0.3, -0.25) is 4.90 Å². The van der Waals surface area contributed by atoms with Crippen molar-refractivity contribution in [3.63, 3.8) is 0 Å². The van der Waals surface area contributed by atoms with Crippen molar-refractivity contribution in [1.29, 1.82) is 0 Å². The van der Waals surface area contributed by atoms with Crippen LogP contribution in [-0.4, -0.2) is 47.8 Å². The minimum Gasteiger partial charge on any atom is -0.416 e. The highest BCUT2D eigenvalue weighted by molar-refractivity contribution is 6.74. The first-order valence-electron chi connectivity index (χ1n) is 10.7. The lowest BCUT2D eigenvalue weighted by atomic mass is 10.2. The largest absolute Gasteiger partial charge is 0.416 e. The van der Waals surface area contributed by atoms with Crippen LogP contribution in [0, 0.1) is 0 Å². The number of hydrogen-bond acceptors (Lipinski definition) is 3. The van der Waals surface area contributed by atoms with E-state index >= 15 is 0 Å². The van der Waals surface area contributed by atoms with Crippen LogP contribution in [0.15, 0.2) is 30.3 Å². The predicted octanol–water partition coefficient (Wildman–Crippen LogP) is 6.53.